The van der Waals surface area contributed by atoms with Gasteiger partial charge in [0.05, 0.1) is 13.0 Å². The normalized spacial score (nSPS) is 21.9. The molecule has 3 amide bonds. The van der Waals surface area contributed by atoms with Crippen LogP contribution in [0.4, 0.5) is 4.39 Å². The number of halogens is 1. The fourth-order valence-electron chi connectivity index (χ4n) is 4.60. The molecule has 9 heteroatoms. The summed E-state index contributed by atoms with van der Waals surface area (Å²) in [5.74, 6) is -0.966. The van der Waals surface area contributed by atoms with Gasteiger partial charge in [-0.2, -0.15) is 0 Å². The second-order valence-corrected chi connectivity index (χ2v) is 9.91. The Morgan fingerprint density at radius 1 is 1.12 bits per heavy atom. The molecule has 0 unspecified atom stereocenters. The van der Waals surface area contributed by atoms with Gasteiger partial charge in [-0.05, 0) is 48.6 Å². The van der Waals surface area contributed by atoms with E-state index in [0.717, 1.165) is 17.7 Å². The molecule has 5 rings (SSSR count). The molecule has 0 radical (unpaired) electrons. The Morgan fingerprint density at radius 2 is 1.85 bits per heavy atom. The van der Waals surface area contributed by atoms with Crippen LogP contribution in [0.3, 0.4) is 0 Å². The van der Waals surface area contributed by atoms with Gasteiger partial charge < -0.3 is 15.0 Å². The summed E-state index contributed by atoms with van der Waals surface area (Å²) in [6.07, 6.45) is 3.08. The standard InChI is InChI=1S/C24H26FN3O4S/c25-17-5-3-16(4-6-17)23(31)28-20(22(30)26-18-7-8-18)15-32-24(28)9-11-27(12-10-24)21(29)14-19-2-1-13-33-19/h1-6,13,18,20H,7-12,14-15H2,(H,26,30)/t20-/m1/s1. The third kappa shape index (κ3) is 4.52. The molecule has 1 N–H and O–H groups in total. The number of amides is 3. The Balaban J connectivity index is 1.34. The Morgan fingerprint density at radius 3 is 2.48 bits per heavy atom. The number of nitrogens with zero attached hydrogens (tertiary/aromatic N) is 2. The number of likely N-dealkylation sites (tertiary alicyclic amines) is 1. The van der Waals surface area contributed by atoms with Gasteiger partial charge in [-0.1, -0.05) is 6.07 Å². The van der Waals surface area contributed by atoms with Crippen molar-refractivity contribution in [1.29, 1.82) is 0 Å². The third-order valence-electron chi connectivity index (χ3n) is 6.60. The minimum Gasteiger partial charge on any atom is -0.353 e. The predicted molar refractivity (Wildman–Crippen MR) is 120 cm³/mol. The van der Waals surface area contributed by atoms with E-state index in [1.807, 2.05) is 17.5 Å². The average Bonchev–Trinajstić information content (AvgIpc) is 3.33. The van der Waals surface area contributed by atoms with E-state index < -0.39 is 17.6 Å². The van der Waals surface area contributed by atoms with Crippen LogP contribution in [-0.2, 0) is 20.7 Å². The maximum atomic E-state index is 13.5. The quantitative estimate of drug-likeness (QED) is 0.727. The minimum absolute atomic E-state index is 0.0461. The van der Waals surface area contributed by atoms with Crippen molar-refractivity contribution in [3.8, 4) is 0 Å². The number of hydrogen-bond donors (Lipinski definition) is 1. The van der Waals surface area contributed by atoms with E-state index in [1.54, 1.807) is 21.1 Å². The highest BCUT2D eigenvalue weighted by molar-refractivity contribution is 7.10. The van der Waals surface area contributed by atoms with Crippen LogP contribution in [0.15, 0.2) is 41.8 Å². The highest BCUT2D eigenvalue weighted by atomic mass is 32.1. The number of thiophene rings is 1. The lowest BCUT2D eigenvalue weighted by molar-refractivity contribution is -0.143. The number of hydrogen-bond acceptors (Lipinski definition) is 5. The number of nitrogens with one attached hydrogen (secondary N) is 1. The first kappa shape index (κ1) is 22.0. The van der Waals surface area contributed by atoms with Crippen molar-refractivity contribution < 1.29 is 23.5 Å². The van der Waals surface area contributed by atoms with Crippen molar-refractivity contribution in [3.05, 3.63) is 58.0 Å². The molecule has 1 saturated carbocycles. The van der Waals surface area contributed by atoms with Gasteiger partial charge in [0.1, 0.15) is 17.6 Å². The zero-order valence-corrected chi connectivity index (χ0v) is 19.0. The molecule has 33 heavy (non-hydrogen) atoms. The highest BCUT2D eigenvalue weighted by Crippen LogP contribution is 2.39. The molecule has 1 aromatic heterocycles. The van der Waals surface area contributed by atoms with Crippen LogP contribution in [0.1, 0.15) is 40.9 Å². The zero-order chi connectivity index (χ0) is 23.0. The van der Waals surface area contributed by atoms with E-state index in [9.17, 15) is 18.8 Å². The lowest BCUT2D eigenvalue weighted by Gasteiger charge is -2.44. The monoisotopic (exact) mass is 471 g/mol. The van der Waals surface area contributed by atoms with Crippen molar-refractivity contribution in [2.75, 3.05) is 19.7 Å². The van der Waals surface area contributed by atoms with E-state index in [-0.39, 0.29) is 30.4 Å². The fraction of sp³-hybridized carbons (Fsp3) is 0.458. The minimum atomic E-state index is -0.962. The van der Waals surface area contributed by atoms with Gasteiger partial charge in [-0.25, -0.2) is 4.39 Å². The van der Waals surface area contributed by atoms with Gasteiger partial charge in [-0.15, -0.1) is 11.3 Å². The smallest absolute Gasteiger partial charge is 0.256 e. The first-order valence-corrected chi connectivity index (χ1v) is 12.2. The summed E-state index contributed by atoms with van der Waals surface area (Å²) in [5.41, 5.74) is -0.654. The first-order valence-electron chi connectivity index (χ1n) is 11.3. The first-order chi connectivity index (χ1) is 15.9. The van der Waals surface area contributed by atoms with Crippen molar-refractivity contribution >= 4 is 29.1 Å². The number of piperidine rings is 1. The van der Waals surface area contributed by atoms with Crippen molar-refractivity contribution in [1.82, 2.24) is 15.1 Å². The number of rotatable bonds is 5. The summed E-state index contributed by atoms with van der Waals surface area (Å²) in [6, 6.07) is 8.62. The maximum Gasteiger partial charge on any atom is 0.256 e. The van der Waals surface area contributed by atoms with E-state index >= 15 is 0 Å². The summed E-state index contributed by atoms with van der Waals surface area (Å²) < 4.78 is 19.6. The van der Waals surface area contributed by atoms with Crippen LogP contribution in [0.5, 0.6) is 0 Å². The summed E-state index contributed by atoms with van der Waals surface area (Å²) in [7, 11) is 0. The van der Waals surface area contributed by atoms with Crippen molar-refractivity contribution in [2.45, 2.75) is 49.9 Å². The second-order valence-electron chi connectivity index (χ2n) is 8.87. The Labute approximate surface area is 195 Å². The van der Waals surface area contributed by atoms with Gasteiger partial charge in [0.2, 0.25) is 11.8 Å². The van der Waals surface area contributed by atoms with E-state index in [0.29, 0.717) is 37.9 Å². The lowest BCUT2D eigenvalue weighted by atomic mass is 9.96. The number of benzene rings is 1. The topological polar surface area (TPSA) is 79.0 Å². The third-order valence-corrected chi connectivity index (χ3v) is 7.48. The van der Waals surface area contributed by atoms with Gasteiger partial charge in [0, 0.05) is 42.4 Å². The van der Waals surface area contributed by atoms with E-state index in [2.05, 4.69) is 5.32 Å². The molecule has 0 bridgehead atoms. The Kier molecular flexibility index (Phi) is 5.92. The maximum absolute atomic E-state index is 13.5. The lowest BCUT2D eigenvalue weighted by Crippen LogP contribution is -2.60. The molecule has 1 spiro atoms. The second kappa shape index (κ2) is 8.87. The molecule has 1 aliphatic carbocycles. The predicted octanol–water partition coefficient (Wildman–Crippen LogP) is 2.57. The van der Waals surface area contributed by atoms with Crippen LogP contribution < -0.4 is 5.32 Å². The molecular weight excluding hydrogens is 445 g/mol. The number of carbonyl (C=O) groups is 3. The van der Waals surface area contributed by atoms with Crippen LogP contribution >= 0.6 is 11.3 Å². The highest BCUT2D eigenvalue weighted by Gasteiger charge is 2.54. The largest absolute Gasteiger partial charge is 0.353 e. The molecule has 2 aliphatic heterocycles. The summed E-state index contributed by atoms with van der Waals surface area (Å²) in [5, 5.41) is 4.93. The van der Waals surface area contributed by atoms with Crippen LogP contribution in [0.2, 0.25) is 0 Å². The molecule has 3 aliphatic rings. The molecule has 1 aromatic carbocycles. The molecule has 3 heterocycles. The molecular formula is C24H26FN3O4S. The zero-order valence-electron chi connectivity index (χ0n) is 18.2. The van der Waals surface area contributed by atoms with Crippen LogP contribution in [-0.4, -0.2) is 65.0 Å². The molecule has 2 aromatic rings. The van der Waals surface area contributed by atoms with Crippen LogP contribution in [0.25, 0.3) is 0 Å². The number of ether oxygens (including phenoxy) is 1. The molecule has 174 valence electrons. The fourth-order valence-corrected chi connectivity index (χ4v) is 5.30. The molecule has 1 atom stereocenters. The van der Waals surface area contributed by atoms with Crippen molar-refractivity contribution in [3.63, 3.8) is 0 Å². The number of carbonyl (C=O) groups excluding carboxylic acids is 3. The van der Waals surface area contributed by atoms with Gasteiger partial charge in [-0.3, -0.25) is 19.3 Å². The molecule has 3 fully saturated rings. The van der Waals surface area contributed by atoms with E-state index in [1.165, 1.54) is 24.3 Å². The van der Waals surface area contributed by atoms with Gasteiger partial charge in [0.15, 0.2) is 0 Å². The summed E-state index contributed by atoms with van der Waals surface area (Å²) in [4.78, 5) is 43.6. The van der Waals surface area contributed by atoms with Gasteiger partial charge in [0.25, 0.3) is 5.91 Å². The molecule has 7 nitrogen and oxygen atoms in total. The SMILES string of the molecule is O=C(NC1CC1)[C@H]1COC2(CCN(C(=O)Cc3cccs3)CC2)N1C(=O)c1ccc(F)cc1. The van der Waals surface area contributed by atoms with Gasteiger partial charge >= 0.3 is 0 Å². The Hall–Kier alpha value is -2.78. The summed E-state index contributed by atoms with van der Waals surface area (Å²) in [6.45, 7) is 0.984. The van der Waals surface area contributed by atoms with E-state index in [4.69, 9.17) is 4.74 Å². The van der Waals surface area contributed by atoms with Crippen LogP contribution in [0, 0.1) is 5.82 Å². The summed E-state index contributed by atoms with van der Waals surface area (Å²) >= 11 is 1.55. The average molecular weight is 472 g/mol. The van der Waals surface area contributed by atoms with Crippen molar-refractivity contribution in [2.24, 2.45) is 0 Å². The molecule has 2 saturated heterocycles. The Bertz CT molecular complexity index is 1030.